The van der Waals surface area contributed by atoms with E-state index in [4.69, 9.17) is 20.8 Å². The van der Waals surface area contributed by atoms with Gasteiger partial charge in [0.2, 0.25) is 5.89 Å². The summed E-state index contributed by atoms with van der Waals surface area (Å²) in [6, 6.07) is 8.51. The number of carbonyl (C=O) groups is 1. The van der Waals surface area contributed by atoms with Crippen molar-refractivity contribution in [3.63, 3.8) is 0 Å². The van der Waals surface area contributed by atoms with Crippen LogP contribution in [-0.4, -0.2) is 51.5 Å². The molecule has 0 radical (unpaired) electrons. The van der Waals surface area contributed by atoms with Crippen LogP contribution in [0.4, 0.5) is 13.2 Å². The van der Waals surface area contributed by atoms with Crippen LogP contribution in [-0.2, 0) is 17.5 Å². The van der Waals surface area contributed by atoms with Crippen molar-refractivity contribution in [2.45, 2.75) is 39.0 Å². The molecule has 0 aliphatic carbocycles. The van der Waals surface area contributed by atoms with E-state index < -0.39 is 23.5 Å². The molecular weight excluding hydrogens is 538 g/mol. The van der Waals surface area contributed by atoms with Crippen LogP contribution in [0.1, 0.15) is 31.4 Å². The summed E-state index contributed by atoms with van der Waals surface area (Å²) in [7, 11) is 0. The molecule has 0 spiro atoms. The molecule has 0 bridgehead atoms. The third-order valence-electron chi connectivity index (χ3n) is 5.58. The predicted octanol–water partition coefficient (Wildman–Crippen LogP) is 5.21. The molecule has 0 saturated carbocycles. The largest absolute Gasteiger partial charge is 0.492 e. The van der Waals surface area contributed by atoms with Crippen LogP contribution < -0.4 is 10.5 Å². The average molecular weight is 564 g/mol. The minimum atomic E-state index is -4.49. The lowest BCUT2D eigenvalue weighted by atomic mass is 10.1. The number of benzene rings is 2. The van der Waals surface area contributed by atoms with Gasteiger partial charge in [0.05, 0.1) is 24.6 Å². The smallest absolute Gasteiger partial charge is 0.437 e. The van der Waals surface area contributed by atoms with Crippen molar-refractivity contribution in [1.29, 1.82) is 0 Å². The number of hydrogen-bond acceptors (Lipinski definition) is 6. The van der Waals surface area contributed by atoms with Crippen LogP contribution in [0.2, 0.25) is 5.02 Å². The number of halogens is 5. The van der Waals surface area contributed by atoms with Crippen molar-refractivity contribution in [3.8, 4) is 17.2 Å². The fraction of sp³-hybridized carbons (Fsp3) is 0.375. The topological polar surface area (TPSA) is 97.8 Å². The van der Waals surface area contributed by atoms with Crippen LogP contribution in [0.15, 0.2) is 51.7 Å². The van der Waals surface area contributed by atoms with E-state index in [9.17, 15) is 27.9 Å². The summed E-state index contributed by atoms with van der Waals surface area (Å²) in [6.07, 6.45) is -4.60. The van der Waals surface area contributed by atoms with Gasteiger partial charge in [-0.05, 0) is 55.6 Å². The van der Waals surface area contributed by atoms with E-state index in [1.54, 1.807) is 18.2 Å². The molecule has 0 aliphatic rings. The number of rotatable bonds is 11. The first-order valence-electron chi connectivity index (χ1n) is 11.1. The van der Waals surface area contributed by atoms with Crippen molar-refractivity contribution < 1.29 is 32.2 Å². The first-order chi connectivity index (χ1) is 17.0. The van der Waals surface area contributed by atoms with E-state index in [0.717, 1.165) is 16.8 Å². The van der Waals surface area contributed by atoms with Gasteiger partial charge in [-0.15, -0.1) is 17.5 Å². The SMILES string of the molecule is CCN(CC)C(COc1ccc(Cl)cc1Cn1nc(-c2ccc(C(F)(F)F)cc2)oc1=O)CC(=O)O.Cl. The number of carboxylic acids is 1. The molecular formula is C24H26Cl2F3N3O5. The van der Waals surface area contributed by atoms with Gasteiger partial charge in [-0.3, -0.25) is 9.69 Å². The van der Waals surface area contributed by atoms with Gasteiger partial charge >= 0.3 is 17.9 Å². The monoisotopic (exact) mass is 563 g/mol. The molecule has 0 fully saturated rings. The zero-order valence-corrected chi connectivity index (χ0v) is 21.6. The molecule has 1 aromatic heterocycles. The summed E-state index contributed by atoms with van der Waals surface area (Å²) in [5.74, 6) is -1.52. The summed E-state index contributed by atoms with van der Waals surface area (Å²) >= 11 is 6.14. The van der Waals surface area contributed by atoms with Gasteiger partial charge in [0, 0.05) is 16.1 Å². The molecule has 2 aromatic carbocycles. The fourth-order valence-electron chi connectivity index (χ4n) is 3.72. The maximum atomic E-state index is 12.8. The van der Waals surface area contributed by atoms with E-state index in [1.807, 2.05) is 18.7 Å². The van der Waals surface area contributed by atoms with Crippen LogP contribution >= 0.6 is 24.0 Å². The minimum Gasteiger partial charge on any atom is -0.492 e. The lowest BCUT2D eigenvalue weighted by Crippen LogP contribution is -2.41. The van der Waals surface area contributed by atoms with Gasteiger partial charge in [0.1, 0.15) is 12.4 Å². The predicted molar refractivity (Wildman–Crippen MR) is 133 cm³/mol. The van der Waals surface area contributed by atoms with Crippen molar-refractivity contribution in [2.75, 3.05) is 19.7 Å². The van der Waals surface area contributed by atoms with E-state index in [0.29, 0.717) is 29.4 Å². The van der Waals surface area contributed by atoms with E-state index in [1.165, 1.54) is 12.1 Å². The second-order valence-corrected chi connectivity index (χ2v) is 8.38. The number of aliphatic carboxylic acids is 1. The number of hydrogen-bond donors (Lipinski definition) is 1. The molecule has 0 saturated heterocycles. The first kappa shape index (κ1) is 30.2. The van der Waals surface area contributed by atoms with Crippen LogP contribution in [0.5, 0.6) is 5.75 Å². The van der Waals surface area contributed by atoms with Gasteiger partial charge in [-0.25, -0.2) is 4.79 Å². The van der Waals surface area contributed by atoms with Crippen molar-refractivity contribution in [1.82, 2.24) is 14.7 Å². The minimum absolute atomic E-state index is 0. The highest BCUT2D eigenvalue weighted by Gasteiger charge is 2.30. The molecule has 13 heteroatoms. The van der Waals surface area contributed by atoms with E-state index in [-0.39, 0.29) is 49.5 Å². The Labute approximate surface area is 222 Å². The molecule has 202 valence electrons. The highest BCUT2D eigenvalue weighted by molar-refractivity contribution is 6.30. The first-order valence-corrected chi connectivity index (χ1v) is 11.5. The van der Waals surface area contributed by atoms with Crippen LogP contribution in [0.3, 0.4) is 0 Å². The molecule has 1 unspecified atom stereocenters. The van der Waals surface area contributed by atoms with Gasteiger partial charge in [-0.2, -0.15) is 17.9 Å². The summed E-state index contributed by atoms with van der Waals surface area (Å²) in [5, 5.41) is 13.8. The number of carboxylic acid groups (broad SMARTS) is 1. The number of ether oxygens (including phenoxy) is 1. The number of alkyl halides is 3. The van der Waals surface area contributed by atoms with E-state index in [2.05, 4.69) is 5.10 Å². The van der Waals surface area contributed by atoms with Crippen molar-refractivity contribution >= 4 is 30.0 Å². The molecule has 1 N–H and O–H groups in total. The normalized spacial score (nSPS) is 12.3. The Morgan fingerprint density at radius 3 is 2.41 bits per heavy atom. The van der Waals surface area contributed by atoms with Gasteiger partial charge in [0.25, 0.3) is 0 Å². The molecule has 0 aliphatic heterocycles. The van der Waals surface area contributed by atoms with Crippen LogP contribution in [0.25, 0.3) is 11.5 Å². The third-order valence-corrected chi connectivity index (χ3v) is 5.81. The second-order valence-electron chi connectivity index (χ2n) is 7.94. The Kier molecular flexibility index (Phi) is 10.6. The molecule has 0 amide bonds. The van der Waals surface area contributed by atoms with Crippen molar-refractivity contribution in [3.05, 3.63) is 69.2 Å². The average Bonchev–Trinajstić information content (AvgIpc) is 3.18. The third kappa shape index (κ3) is 7.98. The summed E-state index contributed by atoms with van der Waals surface area (Å²) < 4.78 is 50.5. The number of aromatic nitrogens is 2. The zero-order valence-electron chi connectivity index (χ0n) is 20.0. The molecule has 8 nitrogen and oxygen atoms in total. The van der Waals surface area contributed by atoms with Gasteiger partial charge in [-0.1, -0.05) is 25.4 Å². The highest BCUT2D eigenvalue weighted by Crippen LogP contribution is 2.30. The quantitative estimate of drug-likeness (QED) is 0.342. The van der Waals surface area contributed by atoms with Crippen molar-refractivity contribution in [2.24, 2.45) is 0 Å². The summed E-state index contributed by atoms with van der Waals surface area (Å²) in [4.78, 5) is 25.7. The fourth-order valence-corrected chi connectivity index (χ4v) is 3.91. The van der Waals surface area contributed by atoms with Gasteiger partial charge < -0.3 is 14.3 Å². The van der Waals surface area contributed by atoms with E-state index >= 15 is 0 Å². The maximum absolute atomic E-state index is 12.8. The Morgan fingerprint density at radius 2 is 1.84 bits per heavy atom. The molecule has 3 rings (SSSR count). The maximum Gasteiger partial charge on any atom is 0.437 e. The molecule has 1 heterocycles. The molecule has 37 heavy (non-hydrogen) atoms. The number of likely N-dealkylation sites (N-methyl/N-ethyl adjacent to an activating group) is 1. The number of nitrogens with zero attached hydrogens (tertiary/aromatic N) is 3. The lowest BCUT2D eigenvalue weighted by Gasteiger charge is -2.28. The Bertz CT molecular complexity index is 1240. The zero-order chi connectivity index (χ0) is 26.5. The lowest BCUT2D eigenvalue weighted by molar-refractivity contribution is -0.139. The highest BCUT2D eigenvalue weighted by atomic mass is 35.5. The molecule has 1 atom stereocenters. The Balaban J connectivity index is 0.00000481. The summed E-state index contributed by atoms with van der Waals surface area (Å²) in [6.45, 7) is 5.15. The Hall–Kier alpha value is -3.02. The second kappa shape index (κ2) is 13.0. The van der Waals surface area contributed by atoms with Crippen LogP contribution in [0, 0.1) is 0 Å². The molecule has 3 aromatic rings. The standard InChI is InChI=1S/C24H25ClF3N3O5.ClH/c1-3-30(4-2)19(12-21(32)33)14-35-20-10-9-18(25)11-16(20)13-31-23(34)36-22(29-31)15-5-7-17(8-6-15)24(26,27)28;/h5-11,19H,3-4,12-14H2,1-2H3,(H,32,33);1H. The Morgan fingerprint density at radius 1 is 1.19 bits per heavy atom. The summed E-state index contributed by atoms with van der Waals surface area (Å²) in [5.41, 5.74) is -0.137. The van der Waals surface area contributed by atoms with Gasteiger partial charge in [0.15, 0.2) is 0 Å².